The zero-order valence-electron chi connectivity index (χ0n) is 17.0. The van der Waals surface area contributed by atoms with Crippen molar-refractivity contribution in [2.75, 3.05) is 25.0 Å². The van der Waals surface area contributed by atoms with Crippen molar-refractivity contribution in [3.05, 3.63) is 60.2 Å². The van der Waals surface area contributed by atoms with Gasteiger partial charge in [0.1, 0.15) is 11.9 Å². The van der Waals surface area contributed by atoms with E-state index in [0.717, 1.165) is 18.4 Å². The third-order valence-electron chi connectivity index (χ3n) is 5.54. The van der Waals surface area contributed by atoms with Gasteiger partial charge in [-0.05, 0) is 54.9 Å². The van der Waals surface area contributed by atoms with Gasteiger partial charge < -0.3 is 24.6 Å². The summed E-state index contributed by atoms with van der Waals surface area (Å²) in [4.78, 5) is 16.2. The van der Waals surface area contributed by atoms with Gasteiger partial charge in [0.15, 0.2) is 5.11 Å². The molecule has 4 rings (SSSR count). The highest BCUT2D eigenvalue weighted by molar-refractivity contribution is 7.80. The van der Waals surface area contributed by atoms with Crippen LogP contribution in [0.5, 0.6) is 5.75 Å². The Morgan fingerprint density at radius 1 is 1.06 bits per heavy atom. The number of thiocarbonyl (C=S) groups is 1. The summed E-state index contributed by atoms with van der Waals surface area (Å²) in [5.74, 6) is -0.291. The number of benzene rings is 2. The summed E-state index contributed by atoms with van der Waals surface area (Å²) in [5.41, 5.74) is 1.55. The molecule has 10 heteroatoms. The van der Waals surface area contributed by atoms with Gasteiger partial charge in [0, 0.05) is 24.8 Å². The molecule has 6 nitrogen and oxygen atoms in total. The van der Waals surface area contributed by atoms with Gasteiger partial charge in [-0.25, -0.2) is 4.79 Å². The molecule has 2 fully saturated rings. The van der Waals surface area contributed by atoms with E-state index in [1.165, 1.54) is 24.3 Å². The third kappa shape index (κ3) is 5.42. The van der Waals surface area contributed by atoms with Gasteiger partial charge in [0.2, 0.25) is 0 Å². The van der Waals surface area contributed by atoms with E-state index in [2.05, 4.69) is 10.1 Å². The number of rotatable bonds is 4. The molecule has 1 N–H and O–H groups in total. The van der Waals surface area contributed by atoms with Crippen LogP contribution in [0, 0.1) is 0 Å². The fourth-order valence-corrected chi connectivity index (χ4v) is 4.24. The Hall–Kier alpha value is -3.01. The van der Waals surface area contributed by atoms with Crippen molar-refractivity contribution in [1.82, 2.24) is 9.80 Å². The second kappa shape index (κ2) is 9.23. The lowest BCUT2D eigenvalue weighted by Crippen LogP contribution is -2.48. The fourth-order valence-electron chi connectivity index (χ4n) is 3.94. The number of halogens is 3. The summed E-state index contributed by atoms with van der Waals surface area (Å²) < 4.78 is 46.2. The van der Waals surface area contributed by atoms with Crippen molar-refractivity contribution in [3.8, 4) is 5.75 Å². The SMILES string of the molecule is O=C1OC(c2ccccc2)CN1C1CCN(C(=S)Nc2ccc(OC(F)(F)F)cc2)CC1. The van der Waals surface area contributed by atoms with Crippen molar-refractivity contribution in [3.63, 3.8) is 0 Å². The second-order valence-electron chi connectivity index (χ2n) is 7.66. The number of amides is 1. The molecule has 2 heterocycles. The fraction of sp³-hybridized carbons (Fsp3) is 0.364. The smallest absolute Gasteiger partial charge is 0.439 e. The van der Waals surface area contributed by atoms with E-state index in [4.69, 9.17) is 17.0 Å². The Bertz CT molecular complexity index is 948. The monoisotopic (exact) mass is 465 g/mol. The quantitative estimate of drug-likeness (QED) is 0.646. The molecule has 2 aliphatic rings. The Morgan fingerprint density at radius 2 is 1.72 bits per heavy atom. The highest BCUT2D eigenvalue weighted by Crippen LogP contribution is 2.30. The topological polar surface area (TPSA) is 54.0 Å². The van der Waals surface area contributed by atoms with Crippen LogP contribution in [-0.4, -0.2) is 53.0 Å². The van der Waals surface area contributed by atoms with E-state index in [-0.39, 0.29) is 24.0 Å². The number of cyclic esters (lactones) is 1. The maximum atomic E-state index is 12.4. The van der Waals surface area contributed by atoms with Crippen LogP contribution in [0.15, 0.2) is 54.6 Å². The molecule has 1 amide bonds. The van der Waals surface area contributed by atoms with E-state index in [0.29, 0.717) is 30.4 Å². The molecule has 2 aromatic rings. The van der Waals surface area contributed by atoms with Crippen LogP contribution in [0.1, 0.15) is 24.5 Å². The van der Waals surface area contributed by atoms with Gasteiger partial charge in [-0.3, -0.25) is 0 Å². The van der Waals surface area contributed by atoms with Gasteiger partial charge in [-0.1, -0.05) is 30.3 Å². The molecule has 2 saturated heterocycles. The molecular formula is C22H22F3N3O3S. The number of likely N-dealkylation sites (tertiary alicyclic amines) is 1. The van der Waals surface area contributed by atoms with E-state index in [1.54, 1.807) is 4.90 Å². The average molecular weight is 465 g/mol. The molecule has 0 aromatic heterocycles. The molecule has 0 radical (unpaired) electrons. The Labute approximate surface area is 188 Å². The van der Waals surface area contributed by atoms with Crippen LogP contribution >= 0.6 is 12.2 Å². The van der Waals surface area contributed by atoms with Gasteiger partial charge in [0.05, 0.1) is 6.54 Å². The maximum absolute atomic E-state index is 12.4. The minimum absolute atomic E-state index is 0.0778. The largest absolute Gasteiger partial charge is 0.573 e. The van der Waals surface area contributed by atoms with Crippen LogP contribution in [0.3, 0.4) is 0 Å². The van der Waals surface area contributed by atoms with Crippen LogP contribution in [0.25, 0.3) is 0 Å². The van der Waals surface area contributed by atoms with Crippen molar-refractivity contribution >= 4 is 29.1 Å². The standard InChI is InChI=1S/C22H22F3N3O3S/c23-22(24,25)31-18-8-6-16(7-9-18)26-20(32)27-12-10-17(11-13-27)28-14-19(30-21(28)29)15-4-2-1-3-5-15/h1-9,17,19H,10-14H2,(H,26,32). The number of anilines is 1. The molecule has 170 valence electrons. The molecule has 32 heavy (non-hydrogen) atoms. The van der Waals surface area contributed by atoms with E-state index < -0.39 is 6.36 Å². The number of alkyl halides is 3. The molecule has 2 aliphatic heterocycles. The zero-order chi connectivity index (χ0) is 22.7. The summed E-state index contributed by atoms with van der Waals surface area (Å²) in [6.07, 6.45) is -3.78. The first kappa shape index (κ1) is 22.2. The first-order chi connectivity index (χ1) is 15.3. The summed E-state index contributed by atoms with van der Waals surface area (Å²) in [6.45, 7) is 1.85. The van der Waals surface area contributed by atoms with Gasteiger partial charge >= 0.3 is 12.5 Å². The number of piperidine rings is 1. The molecule has 0 bridgehead atoms. The van der Waals surface area contributed by atoms with E-state index in [1.807, 2.05) is 35.2 Å². The van der Waals surface area contributed by atoms with Gasteiger partial charge in [-0.15, -0.1) is 13.2 Å². The van der Waals surface area contributed by atoms with Crippen molar-refractivity contribution in [2.24, 2.45) is 0 Å². The summed E-state index contributed by atoms with van der Waals surface area (Å²) in [5, 5.41) is 3.52. The maximum Gasteiger partial charge on any atom is 0.573 e. The normalized spacial score (nSPS) is 19.6. The summed E-state index contributed by atoms with van der Waals surface area (Å²) in [6, 6.07) is 15.2. The summed E-state index contributed by atoms with van der Waals surface area (Å²) >= 11 is 5.45. The van der Waals surface area contributed by atoms with Crippen molar-refractivity contribution in [1.29, 1.82) is 0 Å². The number of nitrogens with one attached hydrogen (secondary N) is 1. The van der Waals surface area contributed by atoms with Crippen LogP contribution in [-0.2, 0) is 4.74 Å². The lowest BCUT2D eigenvalue weighted by Gasteiger charge is -2.36. The molecule has 0 saturated carbocycles. The second-order valence-corrected chi connectivity index (χ2v) is 8.04. The van der Waals surface area contributed by atoms with Crippen LogP contribution in [0.4, 0.5) is 23.7 Å². The first-order valence-corrected chi connectivity index (χ1v) is 10.6. The Morgan fingerprint density at radius 3 is 2.34 bits per heavy atom. The number of ether oxygens (including phenoxy) is 2. The zero-order valence-corrected chi connectivity index (χ0v) is 17.9. The molecule has 1 unspecified atom stereocenters. The number of hydrogen-bond donors (Lipinski definition) is 1. The number of nitrogens with zero attached hydrogens (tertiary/aromatic N) is 2. The predicted octanol–water partition coefficient (Wildman–Crippen LogP) is 4.94. The van der Waals surface area contributed by atoms with Crippen molar-refractivity contribution < 1.29 is 27.4 Å². The lowest BCUT2D eigenvalue weighted by atomic mass is 10.0. The number of hydrogen-bond acceptors (Lipinski definition) is 4. The number of carbonyl (C=O) groups excluding carboxylic acids is 1. The Balaban J connectivity index is 1.27. The van der Waals surface area contributed by atoms with Crippen LogP contribution < -0.4 is 10.1 Å². The van der Waals surface area contributed by atoms with Gasteiger partial charge in [0.25, 0.3) is 0 Å². The Kier molecular flexibility index (Phi) is 6.40. The third-order valence-corrected chi connectivity index (χ3v) is 5.90. The first-order valence-electron chi connectivity index (χ1n) is 10.2. The lowest BCUT2D eigenvalue weighted by molar-refractivity contribution is -0.274. The van der Waals surface area contributed by atoms with Crippen LogP contribution in [0.2, 0.25) is 0 Å². The van der Waals surface area contributed by atoms with Crippen molar-refractivity contribution in [2.45, 2.75) is 31.3 Å². The summed E-state index contributed by atoms with van der Waals surface area (Å²) in [7, 11) is 0. The van der Waals surface area contributed by atoms with E-state index >= 15 is 0 Å². The molecule has 1 atom stereocenters. The van der Waals surface area contributed by atoms with E-state index in [9.17, 15) is 18.0 Å². The number of carbonyl (C=O) groups is 1. The minimum atomic E-state index is -4.72. The average Bonchev–Trinajstić information content (AvgIpc) is 3.16. The molecule has 0 spiro atoms. The predicted molar refractivity (Wildman–Crippen MR) is 116 cm³/mol. The highest BCUT2D eigenvalue weighted by Gasteiger charge is 2.38. The van der Waals surface area contributed by atoms with Gasteiger partial charge in [-0.2, -0.15) is 0 Å². The highest BCUT2D eigenvalue weighted by atomic mass is 32.1. The molecular weight excluding hydrogens is 443 g/mol. The minimum Gasteiger partial charge on any atom is -0.439 e. The molecule has 0 aliphatic carbocycles. The molecule has 2 aromatic carbocycles.